The number of benzene rings is 1. The lowest BCUT2D eigenvalue weighted by Gasteiger charge is -2.08. The number of hydrogen-bond acceptors (Lipinski definition) is 2. The molecule has 13 heavy (non-hydrogen) atoms. The van der Waals surface area contributed by atoms with Crippen molar-refractivity contribution in [1.82, 2.24) is 5.32 Å². The first kappa shape index (κ1) is 8.57. The first-order valence-corrected chi connectivity index (χ1v) is 4.90. The van der Waals surface area contributed by atoms with Gasteiger partial charge in [-0.3, -0.25) is 0 Å². The SMILES string of the molecule is Nc1cccc(CC2CCNC2)c1. The minimum Gasteiger partial charge on any atom is -0.399 e. The average Bonchev–Trinajstić information content (AvgIpc) is 2.57. The molecule has 1 aliphatic heterocycles. The van der Waals surface area contributed by atoms with Crippen molar-refractivity contribution in [3.8, 4) is 0 Å². The molecule has 2 rings (SSSR count). The van der Waals surface area contributed by atoms with Gasteiger partial charge in [0, 0.05) is 5.69 Å². The van der Waals surface area contributed by atoms with Crippen LogP contribution in [0, 0.1) is 5.92 Å². The molecule has 0 aromatic heterocycles. The fraction of sp³-hybridized carbons (Fsp3) is 0.455. The normalized spacial score (nSPS) is 22.0. The molecule has 1 aromatic rings. The van der Waals surface area contributed by atoms with Crippen LogP contribution in [0.15, 0.2) is 24.3 Å². The lowest BCUT2D eigenvalue weighted by atomic mass is 9.98. The van der Waals surface area contributed by atoms with E-state index in [1.807, 2.05) is 12.1 Å². The first-order valence-electron chi connectivity index (χ1n) is 4.90. The predicted octanol–water partition coefficient (Wildman–Crippen LogP) is 1.42. The van der Waals surface area contributed by atoms with Gasteiger partial charge in [0.25, 0.3) is 0 Å². The molecule has 70 valence electrons. The molecule has 1 aromatic carbocycles. The van der Waals surface area contributed by atoms with Crippen molar-refractivity contribution >= 4 is 5.69 Å². The molecule has 1 heterocycles. The van der Waals surface area contributed by atoms with Crippen molar-refractivity contribution in [1.29, 1.82) is 0 Å². The van der Waals surface area contributed by atoms with E-state index in [2.05, 4.69) is 17.4 Å². The molecule has 1 saturated heterocycles. The monoisotopic (exact) mass is 176 g/mol. The zero-order valence-electron chi connectivity index (χ0n) is 7.79. The fourth-order valence-electron chi connectivity index (χ4n) is 1.94. The van der Waals surface area contributed by atoms with Crippen molar-refractivity contribution in [2.75, 3.05) is 18.8 Å². The number of rotatable bonds is 2. The van der Waals surface area contributed by atoms with Gasteiger partial charge >= 0.3 is 0 Å². The zero-order chi connectivity index (χ0) is 9.10. The maximum Gasteiger partial charge on any atom is 0.0316 e. The highest BCUT2D eigenvalue weighted by Crippen LogP contribution is 2.16. The Morgan fingerprint density at radius 3 is 3.08 bits per heavy atom. The van der Waals surface area contributed by atoms with Crippen LogP contribution in [0.4, 0.5) is 5.69 Å². The van der Waals surface area contributed by atoms with E-state index in [0.717, 1.165) is 24.6 Å². The molecule has 2 nitrogen and oxygen atoms in total. The van der Waals surface area contributed by atoms with E-state index < -0.39 is 0 Å². The Morgan fingerprint density at radius 1 is 1.46 bits per heavy atom. The molecule has 0 aliphatic carbocycles. The highest BCUT2D eigenvalue weighted by Gasteiger charge is 2.14. The van der Waals surface area contributed by atoms with E-state index in [1.165, 1.54) is 18.5 Å². The third-order valence-corrected chi connectivity index (χ3v) is 2.64. The van der Waals surface area contributed by atoms with Gasteiger partial charge in [-0.1, -0.05) is 12.1 Å². The van der Waals surface area contributed by atoms with E-state index in [1.54, 1.807) is 0 Å². The number of anilines is 1. The van der Waals surface area contributed by atoms with Crippen LogP contribution in [0.3, 0.4) is 0 Å². The third-order valence-electron chi connectivity index (χ3n) is 2.64. The second-order valence-corrected chi connectivity index (χ2v) is 3.81. The molecule has 1 aliphatic rings. The van der Waals surface area contributed by atoms with Crippen molar-refractivity contribution in [3.63, 3.8) is 0 Å². The largest absolute Gasteiger partial charge is 0.399 e. The Balaban J connectivity index is 2.00. The van der Waals surface area contributed by atoms with Gasteiger partial charge in [-0.15, -0.1) is 0 Å². The fourth-order valence-corrected chi connectivity index (χ4v) is 1.94. The van der Waals surface area contributed by atoms with Gasteiger partial charge in [0.1, 0.15) is 0 Å². The Bertz CT molecular complexity index is 277. The number of nitrogens with two attached hydrogens (primary N) is 1. The highest BCUT2D eigenvalue weighted by atomic mass is 14.9. The first-order chi connectivity index (χ1) is 6.34. The van der Waals surface area contributed by atoms with Crippen LogP contribution >= 0.6 is 0 Å². The molecule has 1 unspecified atom stereocenters. The quantitative estimate of drug-likeness (QED) is 0.669. The summed E-state index contributed by atoms with van der Waals surface area (Å²) in [6, 6.07) is 8.22. The van der Waals surface area contributed by atoms with E-state index in [9.17, 15) is 0 Å². The molecule has 1 fully saturated rings. The van der Waals surface area contributed by atoms with E-state index in [-0.39, 0.29) is 0 Å². The molecule has 0 radical (unpaired) electrons. The number of nitrogens with one attached hydrogen (secondary N) is 1. The van der Waals surface area contributed by atoms with Crippen LogP contribution < -0.4 is 11.1 Å². The van der Waals surface area contributed by atoms with E-state index >= 15 is 0 Å². The summed E-state index contributed by atoms with van der Waals surface area (Å²) in [4.78, 5) is 0. The van der Waals surface area contributed by atoms with Gasteiger partial charge in [-0.25, -0.2) is 0 Å². The van der Waals surface area contributed by atoms with Crippen molar-refractivity contribution in [3.05, 3.63) is 29.8 Å². The Kier molecular flexibility index (Phi) is 2.50. The minimum absolute atomic E-state index is 0.807. The van der Waals surface area contributed by atoms with Gasteiger partial charge in [-0.2, -0.15) is 0 Å². The Morgan fingerprint density at radius 2 is 2.38 bits per heavy atom. The van der Waals surface area contributed by atoms with Gasteiger partial charge in [-0.05, 0) is 49.5 Å². The average molecular weight is 176 g/mol. The standard InChI is InChI=1S/C11H16N2/c12-11-3-1-2-9(7-11)6-10-4-5-13-8-10/h1-3,7,10,13H,4-6,8,12H2. The summed E-state index contributed by atoms with van der Waals surface area (Å²) in [6.07, 6.45) is 2.47. The van der Waals surface area contributed by atoms with Crippen LogP contribution in [0.2, 0.25) is 0 Å². The second-order valence-electron chi connectivity index (χ2n) is 3.81. The summed E-state index contributed by atoms with van der Waals surface area (Å²) in [5, 5.41) is 3.38. The number of hydrogen-bond donors (Lipinski definition) is 2. The summed E-state index contributed by atoms with van der Waals surface area (Å²) in [6.45, 7) is 2.34. The number of nitrogen functional groups attached to an aromatic ring is 1. The Hall–Kier alpha value is -1.02. The topological polar surface area (TPSA) is 38.0 Å². The van der Waals surface area contributed by atoms with Crippen LogP contribution in [0.1, 0.15) is 12.0 Å². The molecule has 0 bridgehead atoms. The van der Waals surface area contributed by atoms with Crippen LogP contribution in [0.25, 0.3) is 0 Å². The zero-order valence-corrected chi connectivity index (χ0v) is 7.79. The summed E-state index contributed by atoms with van der Waals surface area (Å²) in [7, 11) is 0. The Labute approximate surface area is 79.1 Å². The molecule has 1 atom stereocenters. The van der Waals surface area contributed by atoms with Gasteiger partial charge < -0.3 is 11.1 Å². The molecule has 0 saturated carbocycles. The summed E-state index contributed by atoms with van der Waals surface area (Å²) < 4.78 is 0. The maximum absolute atomic E-state index is 5.72. The predicted molar refractivity (Wildman–Crippen MR) is 55.5 cm³/mol. The van der Waals surface area contributed by atoms with Crippen LogP contribution in [0.5, 0.6) is 0 Å². The third kappa shape index (κ3) is 2.22. The smallest absolute Gasteiger partial charge is 0.0316 e. The van der Waals surface area contributed by atoms with Gasteiger partial charge in [0.05, 0.1) is 0 Å². The minimum atomic E-state index is 0.807. The second kappa shape index (κ2) is 3.79. The molecule has 2 heteroatoms. The molecule has 3 N–H and O–H groups in total. The summed E-state index contributed by atoms with van der Waals surface area (Å²) in [5.41, 5.74) is 7.96. The van der Waals surface area contributed by atoms with Crippen molar-refractivity contribution in [2.45, 2.75) is 12.8 Å². The molecule has 0 spiro atoms. The lowest BCUT2D eigenvalue weighted by Crippen LogP contribution is -2.10. The van der Waals surface area contributed by atoms with Gasteiger partial charge in [0.15, 0.2) is 0 Å². The summed E-state index contributed by atoms with van der Waals surface area (Å²) in [5.74, 6) is 0.807. The molecular formula is C11H16N2. The van der Waals surface area contributed by atoms with Gasteiger partial charge in [0.2, 0.25) is 0 Å². The van der Waals surface area contributed by atoms with Crippen molar-refractivity contribution in [2.24, 2.45) is 5.92 Å². The highest BCUT2D eigenvalue weighted by molar-refractivity contribution is 5.40. The maximum atomic E-state index is 5.72. The molecular weight excluding hydrogens is 160 g/mol. The molecule has 0 amide bonds. The van der Waals surface area contributed by atoms with E-state index in [0.29, 0.717) is 0 Å². The van der Waals surface area contributed by atoms with Crippen LogP contribution in [-0.2, 0) is 6.42 Å². The lowest BCUT2D eigenvalue weighted by molar-refractivity contribution is 0.580. The van der Waals surface area contributed by atoms with Crippen LogP contribution in [-0.4, -0.2) is 13.1 Å². The van der Waals surface area contributed by atoms with E-state index in [4.69, 9.17) is 5.73 Å². The summed E-state index contributed by atoms with van der Waals surface area (Å²) >= 11 is 0. The van der Waals surface area contributed by atoms with Crippen molar-refractivity contribution < 1.29 is 0 Å².